The Morgan fingerprint density at radius 3 is 2.35 bits per heavy atom. The van der Waals surface area contributed by atoms with Crippen molar-refractivity contribution in [2.24, 2.45) is 0 Å². The number of benzene rings is 1. The van der Waals surface area contributed by atoms with E-state index in [2.05, 4.69) is 6.58 Å². The Kier molecular flexibility index (Phi) is 4.32. The Balaban J connectivity index is 2.43. The van der Waals surface area contributed by atoms with Gasteiger partial charge >= 0.3 is 5.97 Å². The van der Waals surface area contributed by atoms with E-state index in [4.69, 9.17) is 9.47 Å². The largest absolute Gasteiger partial charge is 0.482 e. The summed E-state index contributed by atoms with van der Waals surface area (Å²) in [7, 11) is 0. The molecule has 0 aliphatic carbocycles. The average Bonchev–Trinajstić information content (AvgIpc) is 2.25. The first-order valence-corrected chi connectivity index (χ1v) is 5.47. The summed E-state index contributed by atoms with van der Waals surface area (Å²) >= 11 is 0. The first kappa shape index (κ1) is 13.3. The van der Waals surface area contributed by atoms with Gasteiger partial charge < -0.3 is 9.47 Å². The molecule has 0 N–H and O–H groups in total. The van der Waals surface area contributed by atoms with Gasteiger partial charge in [0.25, 0.3) is 0 Å². The Hall–Kier alpha value is -1.77. The molecule has 0 bridgehead atoms. The molecule has 0 aliphatic heterocycles. The van der Waals surface area contributed by atoms with Crippen LogP contribution in [0.25, 0.3) is 0 Å². The molecule has 0 atom stereocenters. The van der Waals surface area contributed by atoms with Crippen molar-refractivity contribution in [3.63, 3.8) is 0 Å². The van der Waals surface area contributed by atoms with E-state index in [1.54, 1.807) is 20.8 Å². The Bertz CT molecular complexity index is 388. The number of ether oxygens (including phenoxy) is 2. The van der Waals surface area contributed by atoms with Gasteiger partial charge in [-0.2, -0.15) is 0 Å². The highest BCUT2D eigenvalue weighted by Crippen LogP contribution is 2.12. The van der Waals surface area contributed by atoms with E-state index in [9.17, 15) is 4.79 Å². The molecule has 92 valence electrons. The minimum absolute atomic E-state index is 0.0313. The number of esters is 1. The van der Waals surface area contributed by atoms with Gasteiger partial charge in [0.05, 0.1) is 0 Å². The zero-order chi connectivity index (χ0) is 12.9. The SMILES string of the molecule is C=C(OCc1ccccc1)C(=O)OC(C)(C)C. The van der Waals surface area contributed by atoms with Crippen molar-refractivity contribution in [2.75, 3.05) is 0 Å². The predicted octanol–water partition coefficient (Wildman–Crippen LogP) is 3.06. The topological polar surface area (TPSA) is 35.5 Å². The number of hydrogen-bond acceptors (Lipinski definition) is 3. The summed E-state index contributed by atoms with van der Waals surface area (Å²) in [4.78, 5) is 11.5. The summed E-state index contributed by atoms with van der Waals surface area (Å²) in [5.74, 6) is -0.489. The van der Waals surface area contributed by atoms with Gasteiger partial charge in [0.15, 0.2) is 5.76 Å². The predicted molar refractivity (Wildman–Crippen MR) is 66.2 cm³/mol. The third-order valence-corrected chi connectivity index (χ3v) is 1.88. The second-order valence-corrected chi connectivity index (χ2v) is 4.70. The average molecular weight is 234 g/mol. The van der Waals surface area contributed by atoms with Crippen molar-refractivity contribution < 1.29 is 14.3 Å². The van der Waals surface area contributed by atoms with E-state index in [1.807, 2.05) is 30.3 Å². The zero-order valence-electron chi connectivity index (χ0n) is 10.5. The van der Waals surface area contributed by atoms with Crippen molar-refractivity contribution in [3.8, 4) is 0 Å². The maximum Gasteiger partial charge on any atom is 0.373 e. The quantitative estimate of drug-likeness (QED) is 0.456. The number of carbonyl (C=O) groups is 1. The summed E-state index contributed by atoms with van der Waals surface area (Å²) in [6.07, 6.45) is 0. The molecule has 0 heterocycles. The van der Waals surface area contributed by atoms with E-state index in [1.165, 1.54) is 0 Å². The second-order valence-electron chi connectivity index (χ2n) is 4.70. The molecule has 0 fully saturated rings. The zero-order valence-corrected chi connectivity index (χ0v) is 10.5. The van der Waals surface area contributed by atoms with Crippen LogP contribution in [0.4, 0.5) is 0 Å². The minimum Gasteiger partial charge on any atom is -0.482 e. The van der Waals surface area contributed by atoms with Gasteiger partial charge in [-0.15, -0.1) is 0 Å². The smallest absolute Gasteiger partial charge is 0.373 e. The maximum atomic E-state index is 11.5. The van der Waals surface area contributed by atoms with Gasteiger partial charge in [-0.25, -0.2) is 4.79 Å². The lowest BCUT2D eigenvalue weighted by Crippen LogP contribution is -2.25. The van der Waals surface area contributed by atoms with Crippen LogP contribution in [0.5, 0.6) is 0 Å². The van der Waals surface area contributed by atoms with Crippen LogP contribution in [0.2, 0.25) is 0 Å². The monoisotopic (exact) mass is 234 g/mol. The van der Waals surface area contributed by atoms with Crippen LogP contribution >= 0.6 is 0 Å². The lowest BCUT2D eigenvalue weighted by molar-refractivity contribution is -0.154. The van der Waals surface area contributed by atoms with E-state index >= 15 is 0 Å². The Labute approximate surface area is 102 Å². The van der Waals surface area contributed by atoms with Crippen LogP contribution in [-0.2, 0) is 20.9 Å². The molecule has 0 unspecified atom stereocenters. The molecule has 0 saturated heterocycles. The van der Waals surface area contributed by atoms with Gasteiger partial charge in [0.1, 0.15) is 12.2 Å². The van der Waals surface area contributed by atoms with Crippen molar-refractivity contribution >= 4 is 5.97 Å². The molecule has 0 amide bonds. The molecule has 0 saturated carbocycles. The molecule has 0 radical (unpaired) electrons. The summed E-state index contributed by atoms with van der Waals surface area (Å²) < 4.78 is 10.4. The molecule has 0 spiro atoms. The van der Waals surface area contributed by atoms with Crippen LogP contribution in [0.3, 0.4) is 0 Å². The molecular formula is C14H18O3. The third kappa shape index (κ3) is 5.20. The summed E-state index contributed by atoms with van der Waals surface area (Å²) in [6.45, 7) is 9.28. The Morgan fingerprint density at radius 2 is 1.82 bits per heavy atom. The first-order chi connectivity index (χ1) is 7.88. The summed E-state index contributed by atoms with van der Waals surface area (Å²) in [5.41, 5.74) is 0.452. The maximum absolute atomic E-state index is 11.5. The minimum atomic E-state index is -0.532. The lowest BCUT2D eigenvalue weighted by Gasteiger charge is -2.20. The van der Waals surface area contributed by atoms with Crippen LogP contribution in [-0.4, -0.2) is 11.6 Å². The van der Waals surface area contributed by atoms with Crippen molar-refractivity contribution in [1.82, 2.24) is 0 Å². The fourth-order valence-corrected chi connectivity index (χ4v) is 1.14. The highest BCUT2D eigenvalue weighted by molar-refractivity contribution is 5.85. The molecule has 1 aromatic carbocycles. The molecule has 0 aliphatic rings. The molecule has 0 aromatic heterocycles. The number of hydrogen-bond donors (Lipinski definition) is 0. The fourth-order valence-electron chi connectivity index (χ4n) is 1.14. The normalized spacial score (nSPS) is 10.8. The second kappa shape index (κ2) is 5.53. The van der Waals surface area contributed by atoms with Gasteiger partial charge in [-0.3, -0.25) is 0 Å². The Morgan fingerprint density at radius 1 is 1.24 bits per heavy atom. The van der Waals surface area contributed by atoms with Crippen LogP contribution in [0.1, 0.15) is 26.3 Å². The summed E-state index contributed by atoms with van der Waals surface area (Å²) in [5, 5.41) is 0. The van der Waals surface area contributed by atoms with Crippen molar-refractivity contribution in [1.29, 1.82) is 0 Å². The van der Waals surface area contributed by atoms with Gasteiger partial charge in [-0.1, -0.05) is 30.3 Å². The van der Waals surface area contributed by atoms with Crippen LogP contribution in [0.15, 0.2) is 42.7 Å². The third-order valence-electron chi connectivity index (χ3n) is 1.88. The fraction of sp³-hybridized carbons (Fsp3) is 0.357. The summed E-state index contributed by atoms with van der Waals surface area (Å²) in [6, 6.07) is 9.58. The highest BCUT2D eigenvalue weighted by Gasteiger charge is 2.19. The van der Waals surface area contributed by atoms with E-state index in [-0.39, 0.29) is 5.76 Å². The van der Waals surface area contributed by atoms with E-state index < -0.39 is 11.6 Å². The van der Waals surface area contributed by atoms with Crippen LogP contribution < -0.4 is 0 Å². The van der Waals surface area contributed by atoms with Gasteiger partial charge in [0.2, 0.25) is 0 Å². The molecule has 1 aromatic rings. The molecular weight excluding hydrogens is 216 g/mol. The molecule has 3 nitrogen and oxygen atoms in total. The lowest BCUT2D eigenvalue weighted by atomic mass is 10.2. The number of carbonyl (C=O) groups excluding carboxylic acids is 1. The van der Waals surface area contributed by atoms with Gasteiger partial charge in [0, 0.05) is 0 Å². The van der Waals surface area contributed by atoms with Crippen molar-refractivity contribution in [3.05, 3.63) is 48.2 Å². The van der Waals surface area contributed by atoms with Crippen molar-refractivity contribution in [2.45, 2.75) is 33.0 Å². The highest BCUT2D eigenvalue weighted by atomic mass is 16.6. The van der Waals surface area contributed by atoms with Crippen LogP contribution in [0, 0.1) is 0 Å². The standard InChI is InChI=1S/C14H18O3/c1-11(13(15)17-14(2,3)4)16-10-12-8-6-5-7-9-12/h5-9H,1,10H2,2-4H3. The molecule has 17 heavy (non-hydrogen) atoms. The van der Waals surface area contributed by atoms with Gasteiger partial charge in [-0.05, 0) is 32.9 Å². The molecule has 3 heteroatoms. The number of rotatable bonds is 4. The van der Waals surface area contributed by atoms with E-state index in [0.29, 0.717) is 6.61 Å². The first-order valence-electron chi connectivity index (χ1n) is 5.47. The molecule has 1 rings (SSSR count). The van der Waals surface area contributed by atoms with E-state index in [0.717, 1.165) is 5.56 Å².